The van der Waals surface area contributed by atoms with Crippen molar-refractivity contribution in [1.29, 1.82) is 0 Å². The van der Waals surface area contributed by atoms with Crippen molar-refractivity contribution in [3.8, 4) is 17.0 Å². The summed E-state index contributed by atoms with van der Waals surface area (Å²) in [6.45, 7) is 1.79. The fraction of sp³-hybridized carbons (Fsp3) is 0.0833. The number of aromatic nitrogens is 1. The van der Waals surface area contributed by atoms with Gasteiger partial charge >= 0.3 is 0 Å². The lowest BCUT2D eigenvalue weighted by Gasteiger charge is -2.12. The van der Waals surface area contributed by atoms with E-state index in [1.54, 1.807) is 6.07 Å². The molecule has 0 radical (unpaired) electrons. The minimum absolute atomic E-state index is 0.197. The summed E-state index contributed by atoms with van der Waals surface area (Å²) in [6, 6.07) is 23.3. The van der Waals surface area contributed by atoms with E-state index in [0.717, 1.165) is 27.7 Å². The van der Waals surface area contributed by atoms with E-state index in [-0.39, 0.29) is 12.5 Å². The van der Waals surface area contributed by atoms with Gasteiger partial charge in [-0.05, 0) is 37.3 Å². The molecular weight excluding hydrogens is 367 g/mol. The molecule has 0 unspecified atom stereocenters. The number of anilines is 1. The zero-order chi connectivity index (χ0) is 20.2. The van der Waals surface area contributed by atoms with Crippen molar-refractivity contribution in [2.45, 2.75) is 6.92 Å². The van der Waals surface area contributed by atoms with Gasteiger partial charge in [0, 0.05) is 22.7 Å². The first-order chi connectivity index (χ1) is 14.1. The third kappa shape index (κ3) is 4.41. The third-order valence-corrected chi connectivity index (χ3v) is 4.46. The van der Waals surface area contributed by atoms with Gasteiger partial charge < -0.3 is 10.1 Å². The Balaban J connectivity index is 1.61. The highest BCUT2D eigenvalue weighted by atomic mass is 19.1. The van der Waals surface area contributed by atoms with E-state index in [9.17, 15) is 9.18 Å². The third-order valence-electron chi connectivity index (χ3n) is 4.46. The molecule has 1 aromatic heterocycles. The number of halogens is 1. The number of hydrogen-bond acceptors (Lipinski definition) is 3. The van der Waals surface area contributed by atoms with Gasteiger partial charge in [0.1, 0.15) is 11.6 Å². The number of pyridine rings is 1. The highest BCUT2D eigenvalue weighted by Crippen LogP contribution is 2.30. The molecule has 4 nitrogen and oxygen atoms in total. The maximum Gasteiger partial charge on any atom is 0.262 e. The molecule has 1 amide bonds. The van der Waals surface area contributed by atoms with Crippen LogP contribution >= 0.6 is 0 Å². The molecule has 0 aliphatic heterocycles. The van der Waals surface area contributed by atoms with E-state index in [2.05, 4.69) is 5.32 Å². The molecule has 29 heavy (non-hydrogen) atoms. The molecule has 144 valence electrons. The molecule has 5 heteroatoms. The van der Waals surface area contributed by atoms with Crippen LogP contribution in [0.4, 0.5) is 10.1 Å². The zero-order valence-corrected chi connectivity index (χ0v) is 15.9. The average molecular weight is 386 g/mol. The first-order valence-electron chi connectivity index (χ1n) is 9.23. The number of hydrogen-bond donors (Lipinski definition) is 1. The van der Waals surface area contributed by atoms with E-state index in [0.29, 0.717) is 11.4 Å². The zero-order valence-electron chi connectivity index (χ0n) is 15.9. The van der Waals surface area contributed by atoms with Crippen LogP contribution in [0.3, 0.4) is 0 Å². The molecule has 0 spiro atoms. The minimum Gasteiger partial charge on any atom is -0.483 e. The van der Waals surface area contributed by atoms with E-state index in [4.69, 9.17) is 9.72 Å². The Hall–Kier alpha value is -3.73. The van der Waals surface area contributed by atoms with Crippen molar-refractivity contribution >= 4 is 22.5 Å². The molecule has 0 aliphatic carbocycles. The summed E-state index contributed by atoms with van der Waals surface area (Å²) in [6.07, 6.45) is 0. The van der Waals surface area contributed by atoms with Gasteiger partial charge in [-0.2, -0.15) is 0 Å². The highest BCUT2D eigenvalue weighted by Gasteiger charge is 2.11. The van der Waals surface area contributed by atoms with Crippen molar-refractivity contribution in [2.24, 2.45) is 0 Å². The van der Waals surface area contributed by atoms with Gasteiger partial charge in [-0.1, -0.05) is 48.0 Å². The summed E-state index contributed by atoms with van der Waals surface area (Å²) < 4.78 is 19.2. The number of nitrogens with zero attached hydrogens (tertiary/aromatic N) is 1. The number of ether oxygens (including phenoxy) is 1. The predicted octanol–water partition coefficient (Wildman–Crippen LogP) is 5.37. The summed E-state index contributed by atoms with van der Waals surface area (Å²) in [5.41, 5.74) is 3.98. The minimum atomic E-state index is -0.410. The fourth-order valence-corrected chi connectivity index (χ4v) is 3.09. The van der Waals surface area contributed by atoms with Crippen LogP contribution < -0.4 is 10.1 Å². The molecule has 0 bridgehead atoms. The summed E-state index contributed by atoms with van der Waals surface area (Å²) in [5.74, 6) is -0.201. The lowest BCUT2D eigenvalue weighted by atomic mass is 10.1. The Morgan fingerprint density at radius 3 is 2.62 bits per heavy atom. The van der Waals surface area contributed by atoms with Gasteiger partial charge in [-0.3, -0.25) is 4.79 Å². The van der Waals surface area contributed by atoms with Crippen LogP contribution in [-0.4, -0.2) is 17.5 Å². The summed E-state index contributed by atoms with van der Waals surface area (Å²) in [4.78, 5) is 17.0. The maximum atomic E-state index is 13.3. The highest BCUT2D eigenvalue weighted by molar-refractivity contribution is 5.93. The van der Waals surface area contributed by atoms with Gasteiger partial charge in [0.05, 0.1) is 11.2 Å². The van der Waals surface area contributed by atoms with Crippen molar-refractivity contribution in [2.75, 3.05) is 11.9 Å². The van der Waals surface area contributed by atoms with Gasteiger partial charge in [-0.25, -0.2) is 9.37 Å². The van der Waals surface area contributed by atoms with E-state index in [1.165, 1.54) is 18.2 Å². The number of amides is 1. The Bertz CT molecular complexity index is 1180. The number of nitrogens with one attached hydrogen (secondary N) is 1. The molecule has 0 atom stereocenters. The number of rotatable bonds is 5. The molecule has 0 aliphatic rings. The molecule has 0 saturated heterocycles. The summed E-state index contributed by atoms with van der Waals surface area (Å²) in [7, 11) is 0. The topological polar surface area (TPSA) is 51.2 Å². The fourth-order valence-electron chi connectivity index (χ4n) is 3.09. The predicted molar refractivity (Wildman–Crippen MR) is 112 cm³/mol. The van der Waals surface area contributed by atoms with Crippen LogP contribution in [0, 0.1) is 12.7 Å². The van der Waals surface area contributed by atoms with Crippen molar-refractivity contribution < 1.29 is 13.9 Å². The van der Waals surface area contributed by atoms with Gasteiger partial charge in [-0.15, -0.1) is 0 Å². The number of benzene rings is 3. The van der Waals surface area contributed by atoms with Crippen LogP contribution in [0.1, 0.15) is 5.56 Å². The van der Waals surface area contributed by atoms with Crippen molar-refractivity contribution in [1.82, 2.24) is 4.98 Å². The molecule has 0 fully saturated rings. The van der Waals surface area contributed by atoms with Crippen LogP contribution in [0.2, 0.25) is 0 Å². The number of carbonyl (C=O) groups excluding carboxylic acids is 1. The second-order valence-electron chi connectivity index (χ2n) is 6.74. The number of fused-ring (bicyclic) bond motifs is 1. The van der Waals surface area contributed by atoms with E-state index >= 15 is 0 Å². The first kappa shape index (κ1) is 18.6. The quantitative estimate of drug-likeness (QED) is 0.502. The Morgan fingerprint density at radius 2 is 1.83 bits per heavy atom. The standard InChI is InChI=1S/C24H19FN2O2/c1-16-10-11-21-20(12-16)23(14-22(27-21)17-6-3-2-4-7-17)29-15-24(28)26-19-9-5-8-18(25)13-19/h2-14H,15H2,1H3,(H,26,28). The Kier molecular flexibility index (Phi) is 5.20. The van der Waals surface area contributed by atoms with E-state index < -0.39 is 5.82 Å². The van der Waals surface area contributed by atoms with Crippen LogP contribution in [-0.2, 0) is 4.79 Å². The van der Waals surface area contributed by atoms with Crippen LogP contribution in [0.5, 0.6) is 5.75 Å². The molecule has 4 rings (SSSR count). The normalized spacial score (nSPS) is 10.7. The van der Waals surface area contributed by atoms with Crippen molar-refractivity contribution in [3.05, 3.63) is 90.2 Å². The summed E-state index contributed by atoms with van der Waals surface area (Å²) in [5, 5.41) is 3.48. The number of carbonyl (C=O) groups is 1. The molecule has 0 saturated carbocycles. The molecular formula is C24H19FN2O2. The lowest BCUT2D eigenvalue weighted by molar-refractivity contribution is -0.118. The van der Waals surface area contributed by atoms with Gasteiger partial charge in [0.2, 0.25) is 0 Å². The molecule has 1 heterocycles. The monoisotopic (exact) mass is 386 g/mol. The number of aryl methyl sites for hydroxylation is 1. The SMILES string of the molecule is Cc1ccc2nc(-c3ccccc3)cc(OCC(=O)Nc3cccc(F)c3)c2c1. The maximum absolute atomic E-state index is 13.3. The first-order valence-corrected chi connectivity index (χ1v) is 9.23. The molecule has 4 aromatic rings. The second kappa shape index (κ2) is 8.10. The summed E-state index contributed by atoms with van der Waals surface area (Å²) >= 11 is 0. The second-order valence-corrected chi connectivity index (χ2v) is 6.74. The van der Waals surface area contributed by atoms with Gasteiger partial charge in [0.25, 0.3) is 5.91 Å². The molecule has 1 N–H and O–H groups in total. The Labute approximate surface area is 168 Å². The van der Waals surface area contributed by atoms with Crippen LogP contribution in [0.25, 0.3) is 22.2 Å². The molecule has 3 aromatic carbocycles. The largest absolute Gasteiger partial charge is 0.483 e. The van der Waals surface area contributed by atoms with Gasteiger partial charge in [0.15, 0.2) is 6.61 Å². The van der Waals surface area contributed by atoms with Crippen LogP contribution in [0.15, 0.2) is 78.9 Å². The van der Waals surface area contributed by atoms with Crippen molar-refractivity contribution in [3.63, 3.8) is 0 Å². The van der Waals surface area contributed by atoms with E-state index in [1.807, 2.05) is 61.5 Å². The lowest BCUT2D eigenvalue weighted by Crippen LogP contribution is -2.20. The Morgan fingerprint density at radius 1 is 1.00 bits per heavy atom. The smallest absolute Gasteiger partial charge is 0.262 e. The average Bonchev–Trinajstić information content (AvgIpc) is 2.72.